The van der Waals surface area contributed by atoms with E-state index in [4.69, 9.17) is 9.47 Å². The number of rotatable bonds is 4. The summed E-state index contributed by atoms with van der Waals surface area (Å²) in [7, 11) is 0. The molecule has 92 valence electrons. The molecule has 0 N–H and O–H groups in total. The van der Waals surface area contributed by atoms with Crippen LogP contribution in [0.2, 0.25) is 0 Å². The number of hydrogen-bond acceptors (Lipinski definition) is 4. The summed E-state index contributed by atoms with van der Waals surface area (Å²) < 4.78 is 9.66. The van der Waals surface area contributed by atoms with Gasteiger partial charge in [0.2, 0.25) is 6.79 Å². The van der Waals surface area contributed by atoms with Gasteiger partial charge in [-0.2, -0.15) is 0 Å². The highest BCUT2D eigenvalue weighted by Gasteiger charge is 2.40. The molecule has 0 spiro atoms. The van der Waals surface area contributed by atoms with Crippen molar-refractivity contribution in [2.45, 2.75) is 19.8 Å². The number of esters is 2. The third-order valence-corrected chi connectivity index (χ3v) is 3.32. The zero-order valence-electron chi connectivity index (χ0n) is 9.85. The van der Waals surface area contributed by atoms with Gasteiger partial charge >= 0.3 is 11.9 Å². The number of fused-ring (bicyclic) bond motifs is 2. The zero-order valence-corrected chi connectivity index (χ0v) is 9.85. The maximum atomic E-state index is 11.7. The molecule has 0 amide bonds. The molecular weight excluding hydrogens is 220 g/mol. The molecule has 2 bridgehead atoms. The van der Waals surface area contributed by atoms with E-state index in [1.165, 1.54) is 0 Å². The Hall–Kier alpha value is -1.58. The minimum Gasteiger partial charge on any atom is -0.428 e. The predicted molar refractivity (Wildman–Crippen MR) is 60.7 cm³/mol. The highest BCUT2D eigenvalue weighted by atomic mass is 16.7. The fraction of sp³-hybridized carbons (Fsp3) is 0.538. The van der Waals surface area contributed by atoms with Gasteiger partial charge in [-0.1, -0.05) is 18.7 Å². The fourth-order valence-electron chi connectivity index (χ4n) is 2.42. The molecule has 4 nitrogen and oxygen atoms in total. The van der Waals surface area contributed by atoms with Crippen molar-refractivity contribution < 1.29 is 19.1 Å². The molecule has 17 heavy (non-hydrogen) atoms. The van der Waals surface area contributed by atoms with E-state index in [-0.39, 0.29) is 18.7 Å². The highest BCUT2D eigenvalue weighted by Crippen LogP contribution is 2.43. The van der Waals surface area contributed by atoms with Crippen LogP contribution in [0.15, 0.2) is 24.3 Å². The van der Waals surface area contributed by atoms with Gasteiger partial charge in [0.05, 0.1) is 5.92 Å². The Morgan fingerprint density at radius 1 is 1.29 bits per heavy atom. The van der Waals surface area contributed by atoms with Crippen LogP contribution in [0.1, 0.15) is 19.8 Å². The average Bonchev–Trinajstić information content (AvgIpc) is 2.90. The van der Waals surface area contributed by atoms with E-state index < -0.39 is 5.97 Å². The van der Waals surface area contributed by atoms with Crippen LogP contribution in [0.4, 0.5) is 0 Å². The number of carbonyl (C=O) groups excluding carboxylic acids is 2. The van der Waals surface area contributed by atoms with Gasteiger partial charge in [-0.15, -0.1) is 0 Å². The van der Waals surface area contributed by atoms with Crippen molar-refractivity contribution in [3.05, 3.63) is 24.3 Å². The molecule has 2 aliphatic rings. The molecule has 4 heteroatoms. The fourth-order valence-corrected chi connectivity index (χ4v) is 2.42. The molecule has 1 saturated carbocycles. The molecule has 2 rings (SSSR count). The van der Waals surface area contributed by atoms with Crippen LogP contribution < -0.4 is 0 Å². The lowest BCUT2D eigenvalue weighted by molar-refractivity contribution is -0.168. The summed E-state index contributed by atoms with van der Waals surface area (Å²) in [5, 5.41) is 0. The number of ether oxygens (including phenoxy) is 2. The molecule has 0 aliphatic heterocycles. The van der Waals surface area contributed by atoms with Crippen molar-refractivity contribution in [3.63, 3.8) is 0 Å². The van der Waals surface area contributed by atoms with Gasteiger partial charge < -0.3 is 9.47 Å². The van der Waals surface area contributed by atoms with Crippen molar-refractivity contribution in [2.24, 2.45) is 17.8 Å². The monoisotopic (exact) mass is 236 g/mol. The van der Waals surface area contributed by atoms with Gasteiger partial charge in [-0.3, -0.25) is 4.79 Å². The molecule has 2 aliphatic carbocycles. The first kappa shape index (κ1) is 11.9. The molecule has 0 radical (unpaired) electrons. The zero-order chi connectivity index (χ0) is 12.4. The number of allylic oxidation sites excluding steroid dienone is 2. The van der Waals surface area contributed by atoms with Gasteiger partial charge in [-0.25, -0.2) is 4.79 Å². The van der Waals surface area contributed by atoms with E-state index >= 15 is 0 Å². The molecule has 0 aromatic rings. The van der Waals surface area contributed by atoms with E-state index in [0.717, 1.165) is 12.8 Å². The Bertz CT molecular complexity index is 383. The first-order valence-electron chi connectivity index (χ1n) is 5.75. The minimum absolute atomic E-state index is 0.0615. The van der Waals surface area contributed by atoms with Crippen molar-refractivity contribution in [1.82, 2.24) is 0 Å². The largest absolute Gasteiger partial charge is 0.428 e. The van der Waals surface area contributed by atoms with Gasteiger partial charge in [0.1, 0.15) is 0 Å². The average molecular weight is 236 g/mol. The lowest BCUT2D eigenvalue weighted by Gasteiger charge is -2.16. The Kier molecular flexibility index (Phi) is 3.31. The standard InChI is InChI=1S/C13H16O4/c1-8(2)12(14)16-7-17-13(15)11-6-9-3-4-10(11)5-9/h3-4,9-11H,1,5-7H2,2H3. The van der Waals surface area contributed by atoms with Crippen molar-refractivity contribution in [1.29, 1.82) is 0 Å². The SMILES string of the molecule is C=C(C)C(=O)OCOC(=O)C1CC2C=CC1C2. The molecular formula is C13H16O4. The highest BCUT2D eigenvalue weighted by molar-refractivity contribution is 5.87. The molecule has 3 unspecified atom stereocenters. The van der Waals surface area contributed by atoms with Crippen LogP contribution >= 0.6 is 0 Å². The van der Waals surface area contributed by atoms with Crippen LogP contribution in [0.25, 0.3) is 0 Å². The van der Waals surface area contributed by atoms with E-state index in [1.807, 2.05) is 0 Å². The van der Waals surface area contributed by atoms with E-state index in [9.17, 15) is 9.59 Å². The van der Waals surface area contributed by atoms with Crippen molar-refractivity contribution in [3.8, 4) is 0 Å². The van der Waals surface area contributed by atoms with Gasteiger partial charge in [-0.05, 0) is 31.6 Å². The van der Waals surface area contributed by atoms with Crippen LogP contribution in [0, 0.1) is 17.8 Å². The Morgan fingerprint density at radius 3 is 2.59 bits per heavy atom. The second-order valence-corrected chi connectivity index (χ2v) is 4.68. The first-order valence-corrected chi connectivity index (χ1v) is 5.75. The summed E-state index contributed by atoms with van der Waals surface area (Å²) in [6, 6.07) is 0. The Labute approximate surface area is 100 Å². The predicted octanol–water partition coefficient (Wildman–Crippen LogP) is 1.82. The van der Waals surface area contributed by atoms with E-state index in [2.05, 4.69) is 18.7 Å². The first-order chi connectivity index (χ1) is 8.08. The quantitative estimate of drug-likeness (QED) is 0.323. The molecule has 0 aromatic carbocycles. The minimum atomic E-state index is -0.536. The van der Waals surface area contributed by atoms with Gasteiger partial charge in [0.25, 0.3) is 0 Å². The van der Waals surface area contributed by atoms with E-state index in [0.29, 0.717) is 17.4 Å². The normalized spacial score (nSPS) is 29.1. The maximum absolute atomic E-state index is 11.7. The van der Waals surface area contributed by atoms with Crippen molar-refractivity contribution >= 4 is 11.9 Å². The topological polar surface area (TPSA) is 52.6 Å². The second-order valence-electron chi connectivity index (χ2n) is 4.68. The van der Waals surface area contributed by atoms with Crippen LogP contribution in [0.3, 0.4) is 0 Å². The lowest BCUT2D eigenvalue weighted by Crippen LogP contribution is -2.23. The summed E-state index contributed by atoms with van der Waals surface area (Å²) in [5.41, 5.74) is 0.295. The number of hydrogen-bond donors (Lipinski definition) is 0. The Balaban J connectivity index is 1.73. The van der Waals surface area contributed by atoms with Crippen LogP contribution in [0.5, 0.6) is 0 Å². The lowest BCUT2D eigenvalue weighted by atomic mass is 9.94. The summed E-state index contributed by atoms with van der Waals surface area (Å²) >= 11 is 0. The number of carbonyl (C=O) groups is 2. The van der Waals surface area contributed by atoms with E-state index in [1.54, 1.807) is 6.92 Å². The third kappa shape index (κ3) is 2.57. The molecule has 1 fully saturated rings. The van der Waals surface area contributed by atoms with Crippen molar-refractivity contribution in [2.75, 3.05) is 6.79 Å². The second kappa shape index (κ2) is 4.73. The summed E-state index contributed by atoms with van der Waals surface area (Å²) in [4.78, 5) is 22.8. The molecule has 0 saturated heterocycles. The summed E-state index contributed by atoms with van der Waals surface area (Å²) in [6.45, 7) is 4.67. The van der Waals surface area contributed by atoms with Gasteiger partial charge in [0, 0.05) is 5.57 Å². The summed E-state index contributed by atoms with van der Waals surface area (Å²) in [5.74, 6) is -0.0320. The molecule has 0 aromatic heterocycles. The molecule has 3 atom stereocenters. The third-order valence-electron chi connectivity index (χ3n) is 3.32. The van der Waals surface area contributed by atoms with Crippen LogP contribution in [-0.2, 0) is 19.1 Å². The molecule has 0 heterocycles. The smallest absolute Gasteiger partial charge is 0.335 e. The Morgan fingerprint density at radius 2 is 2.06 bits per heavy atom. The maximum Gasteiger partial charge on any atom is 0.335 e. The van der Waals surface area contributed by atoms with Gasteiger partial charge in [0.15, 0.2) is 0 Å². The summed E-state index contributed by atoms with van der Waals surface area (Å²) in [6.07, 6.45) is 6.15. The van der Waals surface area contributed by atoms with Crippen LogP contribution in [-0.4, -0.2) is 18.7 Å².